The second-order valence-electron chi connectivity index (χ2n) is 8.67. The minimum atomic E-state index is -1.25. The first kappa shape index (κ1) is 20.8. The van der Waals surface area contributed by atoms with Crippen LogP contribution in [0.2, 0.25) is 0 Å². The molecule has 5 rings (SSSR count). The maximum absolute atomic E-state index is 13.8. The Labute approximate surface area is 189 Å². The maximum atomic E-state index is 13.8. The van der Waals surface area contributed by atoms with Crippen LogP contribution in [0, 0.1) is 0 Å². The zero-order valence-corrected chi connectivity index (χ0v) is 18.5. The molecule has 0 aromatic heterocycles. The summed E-state index contributed by atoms with van der Waals surface area (Å²) < 4.78 is 0. The number of carbonyl (C=O) groups excluding carboxylic acids is 2. The van der Waals surface area contributed by atoms with Crippen molar-refractivity contribution in [2.45, 2.75) is 25.4 Å². The molecule has 0 N–H and O–H groups in total. The highest BCUT2D eigenvalue weighted by Crippen LogP contribution is 2.42. The lowest BCUT2D eigenvalue weighted by Gasteiger charge is -2.44. The molecule has 4 nitrogen and oxygen atoms in total. The molecule has 0 saturated carbocycles. The summed E-state index contributed by atoms with van der Waals surface area (Å²) in [7, 11) is 0. The molecular formula is C28H28N2O2. The minimum Gasteiger partial charge on any atom is -0.297 e. The number of benzene rings is 3. The number of hydrogen-bond acceptors (Lipinski definition) is 4. The Kier molecular flexibility index (Phi) is 5.50. The molecule has 0 amide bonds. The van der Waals surface area contributed by atoms with Crippen molar-refractivity contribution in [2.75, 3.05) is 26.2 Å². The highest BCUT2D eigenvalue weighted by molar-refractivity contribution is 6.32. The van der Waals surface area contributed by atoms with Gasteiger partial charge in [-0.3, -0.25) is 19.4 Å². The summed E-state index contributed by atoms with van der Waals surface area (Å²) in [5, 5.41) is 0. The molecular weight excluding hydrogens is 396 g/mol. The SMILES string of the molecule is CCc1ccccc1CN1CCN(C2(c3ccccc3)C(=O)c3ccccc3C2=O)CC1. The summed E-state index contributed by atoms with van der Waals surface area (Å²) >= 11 is 0. The molecule has 0 bridgehead atoms. The van der Waals surface area contributed by atoms with Gasteiger partial charge in [0.05, 0.1) is 0 Å². The number of nitrogens with zero attached hydrogens (tertiary/aromatic N) is 2. The summed E-state index contributed by atoms with van der Waals surface area (Å²) in [6.07, 6.45) is 1.02. The van der Waals surface area contributed by atoms with Crippen molar-refractivity contribution < 1.29 is 9.59 Å². The topological polar surface area (TPSA) is 40.6 Å². The number of aryl methyl sites for hydroxylation is 1. The van der Waals surface area contributed by atoms with Crippen molar-refractivity contribution in [1.82, 2.24) is 9.80 Å². The van der Waals surface area contributed by atoms with Crippen LogP contribution in [0.4, 0.5) is 0 Å². The smallest absolute Gasteiger partial charge is 0.196 e. The van der Waals surface area contributed by atoms with Gasteiger partial charge in [0, 0.05) is 43.9 Å². The Morgan fingerprint density at radius 3 is 1.81 bits per heavy atom. The van der Waals surface area contributed by atoms with E-state index in [1.165, 1.54) is 11.1 Å². The van der Waals surface area contributed by atoms with Gasteiger partial charge in [-0.25, -0.2) is 0 Å². The molecule has 1 saturated heterocycles. The third-order valence-electron chi connectivity index (χ3n) is 7.00. The molecule has 3 aromatic rings. The fourth-order valence-electron chi connectivity index (χ4n) is 5.32. The first-order chi connectivity index (χ1) is 15.7. The zero-order valence-electron chi connectivity index (χ0n) is 18.5. The minimum absolute atomic E-state index is 0.0888. The van der Waals surface area contributed by atoms with E-state index in [4.69, 9.17) is 0 Å². The van der Waals surface area contributed by atoms with E-state index in [1.807, 2.05) is 42.5 Å². The molecule has 1 heterocycles. The summed E-state index contributed by atoms with van der Waals surface area (Å²) in [4.78, 5) is 32.2. The lowest BCUT2D eigenvalue weighted by atomic mass is 9.82. The van der Waals surface area contributed by atoms with Gasteiger partial charge in [-0.2, -0.15) is 0 Å². The predicted molar refractivity (Wildman–Crippen MR) is 126 cm³/mol. The Hall–Kier alpha value is -3.08. The van der Waals surface area contributed by atoms with Crippen LogP contribution in [-0.4, -0.2) is 47.5 Å². The summed E-state index contributed by atoms with van der Waals surface area (Å²) in [5.74, 6) is -0.178. The molecule has 162 valence electrons. The van der Waals surface area contributed by atoms with E-state index >= 15 is 0 Å². The van der Waals surface area contributed by atoms with Gasteiger partial charge in [-0.15, -0.1) is 0 Å². The third-order valence-corrected chi connectivity index (χ3v) is 7.00. The molecule has 2 aliphatic rings. The average molecular weight is 425 g/mol. The second-order valence-corrected chi connectivity index (χ2v) is 8.67. The Bertz CT molecular complexity index is 1110. The second kappa shape index (κ2) is 8.45. The van der Waals surface area contributed by atoms with Gasteiger partial charge < -0.3 is 0 Å². The van der Waals surface area contributed by atoms with Crippen LogP contribution in [0.25, 0.3) is 0 Å². The van der Waals surface area contributed by atoms with Gasteiger partial charge in [0.25, 0.3) is 0 Å². The molecule has 32 heavy (non-hydrogen) atoms. The average Bonchev–Trinajstić information content (AvgIpc) is 3.08. The van der Waals surface area contributed by atoms with Crippen molar-refractivity contribution in [3.63, 3.8) is 0 Å². The van der Waals surface area contributed by atoms with E-state index in [9.17, 15) is 9.59 Å². The molecule has 0 spiro atoms. The third kappa shape index (κ3) is 3.22. The Morgan fingerprint density at radius 2 is 1.22 bits per heavy atom. The molecule has 4 heteroatoms. The predicted octanol–water partition coefficient (Wildman–Crippen LogP) is 4.34. The Morgan fingerprint density at radius 1 is 0.688 bits per heavy atom. The van der Waals surface area contributed by atoms with Crippen LogP contribution in [0.3, 0.4) is 0 Å². The van der Waals surface area contributed by atoms with Crippen LogP contribution >= 0.6 is 0 Å². The zero-order chi connectivity index (χ0) is 22.1. The summed E-state index contributed by atoms with van der Waals surface area (Å²) in [5.41, 5.74) is 3.35. The van der Waals surface area contributed by atoms with Gasteiger partial charge in [0.1, 0.15) is 0 Å². The first-order valence-corrected chi connectivity index (χ1v) is 11.4. The first-order valence-electron chi connectivity index (χ1n) is 11.4. The number of fused-ring (bicyclic) bond motifs is 1. The Balaban J connectivity index is 1.44. The molecule has 0 atom stereocenters. The normalized spacial score (nSPS) is 18.7. The number of piperazine rings is 1. The molecule has 0 unspecified atom stereocenters. The quantitative estimate of drug-likeness (QED) is 0.572. The lowest BCUT2D eigenvalue weighted by Crippen LogP contribution is -2.60. The van der Waals surface area contributed by atoms with Crippen LogP contribution in [-0.2, 0) is 18.5 Å². The molecule has 3 aromatic carbocycles. The van der Waals surface area contributed by atoms with E-state index in [0.717, 1.165) is 31.6 Å². The van der Waals surface area contributed by atoms with Gasteiger partial charge in [0.2, 0.25) is 0 Å². The number of rotatable bonds is 5. The monoisotopic (exact) mass is 424 g/mol. The van der Waals surface area contributed by atoms with Gasteiger partial charge in [-0.1, -0.05) is 85.8 Å². The fraction of sp³-hybridized carbons (Fsp3) is 0.286. The van der Waals surface area contributed by atoms with Crippen molar-refractivity contribution in [3.8, 4) is 0 Å². The van der Waals surface area contributed by atoms with E-state index in [0.29, 0.717) is 24.2 Å². The van der Waals surface area contributed by atoms with Crippen molar-refractivity contribution >= 4 is 11.6 Å². The van der Waals surface area contributed by atoms with Gasteiger partial charge >= 0.3 is 0 Å². The van der Waals surface area contributed by atoms with E-state index in [1.54, 1.807) is 12.1 Å². The van der Waals surface area contributed by atoms with Gasteiger partial charge in [0.15, 0.2) is 17.1 Å². The van der Waals surface area contributed by atoms with Crippen molar-refractivity contribution in [2.24, 2.45) is 0 Å². The van der Waals surface area contributed by atoms with Crippen LogP contribution in [0.15, 0.2) is 78.9 Å². The van der Waals surface area contributed by atoms with Crippen LogP contribution < -0.4 is 0 Å². The van der Waals surface area contributed by atoms with Crippen LogP contribution in [0.5, 0.6) is 0 Å². The summed E-state index contributed by atoms with van der Waals surface area (Å²) in [6.45, 7) is 6.09. The van der Waals surface area contributed by atoms with Gasteiger partial charge in [-0.05, 0) is 23.1 Å². The number of ketones is 2. The molecule has 1 aliphatic carbocycles. The molecule has 1 fully saturated rings. The fourth-order valence-corrected chi connectivity index (χ4v) is 5.32. The lowest BCUT2D eigenvalue weighted by molar-refractivity contribution is 0.0279. The molecule has 0 radical (unpaired) electrons. The van der Waals surface area contributed by atoms with Crippen molar-refractivity contribution in [3.05, 3.63) is 107 Å². The number of carbonyl (C=O) groups is 2. The number of hydrogen-bond donors (Lipinski definition) is 0. The van der Waals surface area contributed by atoms with Crippen molar-refractivity contribution in [1.29, 1.82) is 0 Å². The van der Waals surface area contributed by atoms with E-state index in [-0.39, 0.29) is 11.6 Å². The standard InChI is InChI=1S/C28H28N2O2/c1-2-21-10-6-7-11-22(21)20-29-16-18-30(19-17-29)28(23-12-4-3-5-13-23)26(31)24-14-8-9-15-25(24)27(28)32/h3-15H,2,16-20H2,1H3. The van der Waals surface area contributed by atoms with E-state index in [2.05, 4.69) is 41.0 Å². The maximum Gasteiger partial charge on any atom is 0.196 e. The highest BCUT2D eigenvalue weighted by atomic mass is 16.2. The highest BCUT2D eigenvalue weighted by Gasteiger charge is 2.58. The van der Waals surface area contributed by atoms with E-state index < -0.39 is 5.54 Å². The number of Topliss-reactive ketones (excluding diaryl/α,β-unsaturated/α-hetero) is 2. The largest absolute Gasteiger partial charge is 0.297 e. The van der Waals surface area contributed by atoms with Crippen LogP contribution in [0.1, 0.15) is 44.3 Å². The molecule has 1 aliphatic heterocycles. The summed E-state index contributed by atoms with van der Waals surface area (Å²) in [6, 6.07) is 25.5.